The summed E-state index contributed by atoms with van der Waals surface area (Å²) in [6, 6.07) is 16.6. The third-order valence-electron chi connectivity index (χ3n) is 6.02. The van der Waals surface area contributed by atoms with E-state index < -0.39 is 0 Å². The van der Waals surface area contributed by atoms with Crippen molar-refractivity contribution in [2.75, 3.05) is 14.1 Å². The number of hydrogen-bond acceptors (Lipinski definition) is 3. The minimum atomic E-state index is -0.208. The Kier molecular flexibility index (Phi) is 10.4. The zero-order valence-electron chi connectivity index (χ0n) is 20.8. The molecule has 0 radical (unpaired) electrons. The molecule has 0 heterocycles. The lowest BCUT2D eigenvalue weighted by Crippen LogP contribution is -2.39. The maximum atomic E-state index is 13.2. The molecule has 2 aromatic rings. The smallest absolute Gasteiger partial charge is 0.123 e. The maximum Gasteiger partial charge on any atom is 0.123 e. The van der Waals surface area contributed by atoms with Crippen LogP contribution in [0.15, 0.2) is 91.3 Å². The van der Waals surface area contributed by atoms with Crippen LogP contribution in [0.4, 0.5) is 4.39 Å². The molecule has 2 aromatic carbocycles. The van der Waals surface area contributed by atoms with Crippen LogP contribution in [-0.4, -0.2) is 25.0 Å². The molecule has 0 spiro atoms. The van der Waals surface area contributed by atoms with Crippen molar-refractivity contribution in [1.82, 2.24) is 10.2 Å². The van der Waals surface area contributed by atoms with E-state index in [0.29, 0.717) is 5.56 Å². The SMILES string of the molecule is C=CC(CCCc1ccc(F)cc1)C(NC(=C)N(C)C)/C(C)=C/C(=C\C)c1cccc(C#N)c1. The molecule has 2 unspecified atom stereocenters. The Bertz CT molecular complexity index is 1070. The number of nitrogens with zero attached hydrogens (tertiary/aromatic N) is 2. The van der Waals surface area contributed by atoms with E-state index in [4.69, 9.17) is 0 Å². The summed E-state index contributed by atoms with van der Waals surface area (Å²) in [5.74, 6) is 0.800. The number of allylic oxidation sites excluding steroid dienone is 3. The van der Waals surface area contributed by atoms with E-state index in [0.717, 1.165) is 47.4 Å². The number of nitriles is 1. The molecule has 3 nitrogen and oxygen atoms in total. The summed E-state index contributed by atoms with van der Waals surface area (Å²) in [5.41, 5.74) is 5.00. The number of nitrogens with one attached hydrogen (secondary N) is 1. The topological polar surface area (TPSA) is 39.1 Å². The van der Waals surface area contributed by atoms with Crippen molar-refractivity contribution in [2.24, 2.45) is 5.92 Å². The molecule has 34 heavy (non-hydrogen) atoms. The van der Waals surface area contributed by atoms with Gasteiger partial charge in [0.2, 0.25) is 0 Å². The van der Waals surface area contributed by atoms with E-state index in [-0.39, 0.29) is 17.8 Å². The van der Waals surface area contributed by atoms with Crippen molar-refractivity contribution in [3.8, 4) is 6.07 Å². The van der Waals surface area contributed by atoms with Crippen LogP contribution in [0.1, 0.15) is 43.4 Å². The minimum absolute atomic E-state index is 0.00900. The first kappa shape index (κ1) is 26.7. The molecule has 0 bridgehead atoms. The van der Waals surface area contributed by atoms with E-state index in [1.807, 2.05) is 68.4 Å². The van der Waals surface area contributed by atoms with E-state index in [1.165, 1.54) is 12.1 Å². The van der Waals surface area contributed by atoms with Crippen LogP contribution in [0.25, 0.3) is 5.57 Å². The van der Waals surface area contributed by atoms with Gasteiger partial charge in [-0.2, -0.15) is 5.26 Å². The molecule has 2 atom stereocenters. The van der Waals surface area contributed by atoms with E-state index in [9.17, 15) is 9.65 Å². The lowest BCUT2D eigenvalue weighted by atomic mass is 9.87. The highest BCUT2D eigenvalue weighted by Crippen LogP contribution is 2.26. The average Bonchev–Trinajstić information content (AvgIpc) is 2.84. The lowest BCUT2D eigenvalue weighted by molar-refractivity contribution is 0.387. The Balaban J connectivity index is 2.26. The zero-order valence-corrected chi connectivity index (χ0v) is 20.8. The molecule has 0 amide bonds. The van der Waals surface area contributed by atoms with Crippen LogP contribution in [0.2, 0.25) is 0 Å². The second kappa shape index (κ2) is 13.2. The van der Waals surface area contributed by atoms with Crippen LogP contribution < -0.4 is 5.32 Å². The summed E-state index contributed by atoms with van der Waals surface area (Å²) in [6.45, 7) is 12.4. The summed E-state index contributed by atoms with van der Waals surface area (Å²) in [7, 11) is 3.93. The van der Waals surface area contributed by atoms with Gasteiger partial charge in [0.05, 0.1) is 23.5 Å². The first-order valence-corrected chi connectivity index (χ1v) is 11.6. The van der Waals surface area contributed by atoms with Gasteiger partial charge in [0, 0.05) is 20.0 Å². The highest BCUT2D eigenvalue weighted by Gasteiger charge is 2.22. The fourth-order valence-corrected chi connectivity index (χ4v) is 3.92. The normalized spacial score (nSPS) is 13.5. The summed E-state index contributed by atoms with van der Waals surface area (Å²) in [4.78, 5) is 1.96. The number of rotatable bonds is 12. The number of benzene rings is 2. The summed E-state index contributed by atoms with van der Waals surface area (Å²) < 4.78 is 13.2. The van der Waals surface area contributed by atoms with Gasteiger partial charge in [-0.3, -0.25) is 0 Å². The van der Waals surface area contributed by atoms with E-state index >= 15 is 0 Å². The van der Waals surface area contributed by atoms with Crippen LogP contribution in [-0.2, 0) is 6.42 Å². The van der Waals surface area contributed by atoms with Gasteiger partial charge in [0.15, 0.2) is 0 Å². The van der Waals surface area contributed by atoms with Crippen LogP contribution in [0, 0.1) is 23.1 Å². The molecule has 2 rings (SSSR count). The van der Waals surface area contributed by atoms with Crippen LogP contribution >= 0.6 is 0 Å². The molecule has 178 valence electrons. The highest BCUT2D eigenvalue weighted by molar-refractivity contribution is 5.75. The van der Waals surface area contributed by atoms with E-state index in [2.05, 4.69) is 43.6 Å². The van der Waals surface area contributed by atoms with Gasteiger partial charge in [0.1, 0.15) is 5.82 Å². The second-order valence-corrected chi connectivity index (χ2v) is 8.71. The molecule has 1 N–H and O–H groups in total. The van der Waals surface area contributed by atoms with Crippen molar-refractivity contribution in [2.45, 2.75) is 39.2 Å². The van der Waals surface area contributed by atoms with Gasteiger partial charge in [-0.1, -0.05) is 49.1 Å². The number of hydrogen-bond donors (Lipinski definition) is 1. The summed E-state index contributed by atoms with van der Waals surface area (Å²) >= 11 is 0. The molecular weight excluding hydrogens is 421 g/mol. The fourth-order valence-electron chi connectivity index (χ4n) is 3.92. The first-order chi connectivity index (χ1) is 16.3. The summed E-state index contributed by atoms with van der Waals surface area (Å²) in [6.07, 6.45) is 9.02. The van der Waals surface area contributed by atoms with Crippen molar-refractivity contribution in [3.63, 3.8) is 0 Å². The highest BCUT2D eigenvalue weighted by atomic mass is 19.1. The predicted molar refractivity (Wildman–Crippen MR) is 141 cm³/mol. The molecule has 0 saturated carbocycles. The van der Waals surface area contributed by atoms with Gasteiger partial charge in [-0.05, 0) is 79.6 Å². The quantitative estimate of drug-likeness (QED) is 0.279. The largest absolute Gasteiger partial charge is 0.365 e. The fraction of sp³-hybridized carbons (Fsp3) is 0.300. The minimum Gasteiger partial charge on any atom is -0.365 e. The molecule has 0 aliphatic carbocycles. The van der Waals surface area contributed by atoms with Gasteiger partial charge in [0.25, 0.3) is 0 Å². The average molecular weight is 458 g/mol. The summed E-state index contributed by atoms with van der Waals surface area (Å²) in [5, 5.41) is 12.9. The molecule has 4 heteroatoms. The first-order valence-electron chi connectivity index (χ1n) is 11.6. The van der Waals surface area contributed by atoms with Crippen molar-refractivity contribution < 1.29 is 4.39 Å². The molecular formula is C30H36FN3. The lowest BCUT2D eigenvalue weighted by Gasteiger charge is -2.31. The van der Waals surface area contributed by atoms with Gasteiger partial charge in [-0.25, -0.2) is 4.39 Å². The van der Waals surface area contributed by atoms with Gasteiger partial charge < -0.3 is 10.2 Å². The molecule has 0 fully saturated rings. The van der Waals surface area contributed by atoms with Gasteiger partial charge >= 0.3 is 0 Å². The maximum absolute atomic E-state index is 13.2. The second-order valence-electron chi connectivity index (χ2n) is 8.71. The van der Waals surface area contributed by atoms with E-state index in [1.54, 1.807) is 0 Å². The third-order valence-corrected chi connectivity index (χ3v) is 6.02. The Morgan fingerprint density at radius 1 is 1.21 bits per heavy atom. The Labute approximate surface area is 204 Å². The van der Waals surface area contributed by atoms with Gasteiger partial charge in [-0.15, -0.1) is 6.58 Å². The standard InChI is InChI=1S/C30H36FN3/c1-7-26(13-9-11-24-15-17-29(31)18-16-24)30(33-23(4)34(5)6)22(3)19-27(8-2)28-14-10-12-25(20-28)21-32/h7-8,10,12,14-20,26,30,33H,1,4,9,11,13H2,2-3,5-6H3/b22-19+,27-8+. The Morgan fingerprint density at radius 2 is 1.91 bits per heavy atom. The van der Waals surface area contributed by atoms with Crippen molar-refractivity contribution in [1.29, 1.82) is 5.26 Å². The molecule has 0 aliphatic heterocycles. The number of aryl methyl sites for hydroxylation is 1. The van der Waals surface area contributed by atoms with Crippen LogP contribution in [0.5, 0.6) is 0 Å². The number of halogens is 1. The third kappa shape index (κ3) is 7.78. The molecule has 0 saturated heterocycles. The Hall–Kier alpha value is -3.58. The predicted octanol–water partition coefficient (Wildman–Crippen LogP) is 6.86. The zero-order chi connectivity index (χ0) is 25.1. The van der Waals surface area contributed by atoms with Crippen LogP contribution in [0.3, 0.4) is 0 Å². The Morgan fingerprint density at radius 3 is 2.50 bits per heavy atom. The molecule has 0 aliphatic rings. The monoisotopic (exact) mass is 457 g/mol. The molecule has 0 aromatic heterocycles. The van der Waals surface area contributed by atoms with Crippen molar-refractivity contribution >= 4 is 5.57 Å². The van der Waals surface area contributed by atoms with Crippen molar-refractivity contribution in [3.05, 3.63) is 114 Å².